The van der Waals surface area contributed by atoms with Gasteiger partial charge in [0.1, 0.15) is 32.5 Å². The van der Waals surface area contributed by atoms with Crippen LogP contribution in [0.25, 0.3) is 0 Å². The summed E-state index contributed by atoms with van der Waals surface area (Å²) >= 11 is 0. The Morgan fingerprint density at radius 2 is 1.27 bits per heavy atom. The van der Waals surface area contributed by atoms with Crippen molar-refractivity contribution in [2.24, 2.45) is 5.73 Å². The zero-order valence-corrected chi connectivity index (χ0v) is 16.4. The highest BCUT2D eigenvalue weighted by molar-refractivity contribution is 5.87. The van der Waals surface area contributed by atoms with Gasteiger partial charge in [-0.15, -0.1) is 0 Å². The molecule has 0 spiro atoms. The summed E-state index contributed by atoms with van der Waals surface area (Å²) in [7, 11) is 0. The van der Waals surface area contributed by atoms with Crippen molar-refractivity contribution in [3.63, 3.8) is 0 Å². The second-order valence-corrected chi connectivity index (χ2v) is 5.56. The van der Waals surface area contributed by atoms with Gasteiger partial charge in [-0.3, -0.25) is 4.79 Å². The number of hydrogen-bond donors (Lipinski definition) is 2. The quantitative estimate of drug-likeness (QED) is 0.171. The van der Waals surface area contributed by atoms with E-state index in [1.807, 2.05) is 0 Å². The van der Waals surface area contributed by atoms with Crippen molar-refractivity contribution in [3.05, 3.63) is 25.3 Å². The molecule has 0 fully saturated rings. The number of carbonyl (C=O) groups excluding carboxylic acids is 4. The molecule has 0 aromatic heterocycles. The summed E-state index contributed by atoms with van der Waals surface area (Å²) in [5.74, 6) is -2.56. The van der Waals surface area contributed by atoms with Crippen molar-refractivity contribution in [1.82, 2.24) is 4.90 Å². The van der Waals surface area contributed by atoms with Crippen LogP contribution in [0.3, 0.4) is 0 Å². The molecule has 1 atom stereocenters. The number of hydrogen-bond acceptors (Lipinski definition) is 10. The van der Waals surface area contributed by atoms with Gasteiger partial charge in [0, 0.05) is 18.7 Å². The van der Waals surface area contributed by atoms with E-state index in [0.717, 1.165) is 12.2 Å². The van der Waals surface area contributed by atoms with E-state index in [4.69, 9.17) is 20.3 Å². The smallest absolute Gasteiger partial charge is 0.419 e. The SMILES string of the molecule is C=CC(=O)OCCOC(=O)N(CCCC[C@H](N)C(=O)O)C(=O)OCCOC(=O)C=C. The van der Waals surface area contributed by atoms with Crippen LogP contribution >= 0.6 is 0 Å². The van der Waals surface area contributed by atoms with Crippen LogP contribution in [0.15, 0.2) is 25.3 Å². The maximum Gasteiger partial charge on any atom is 0.419 e. The number of ether oxygens (including phenoxy) is 4. The fraction of sp³-hybridized carbons (Fsp3) is 0.500. The summed E-state index contributed by atoms with van der Waals surface area (Å²) < 4.78 is 19.0. The molecule has 0 saturated carbocycles. The fourth-order valence-electron chi connectivity index (χ4n) is 1.83. The molecule has 2 amide bonds. The zero-order valence-electron chi connectivity index (χ0n) is 16.4. The standard InChI is InChI=1S/C18H26N2O10/c1-3-14(21)27-9-11-29-17(25)20(8-6-5-7-13(19)16(23)24)18(26)30-12-10-28-15(22)4-2/h3-4,13H,1-2,5-12,19H2,(H,23,24)/t13-/m0/s1. The molecular formula is C18H26N2O10. The third-order valence-electron chi connectivity index (χ3n) is 3.34. The van der Waals surface area contributed by atoms with Gasteiger partial charge in [0.25, 0.3) is 0 Å². The predicted molar refractivity (Wildman–Crippen MR) is 101 cm³/mol. The van der Waals surface area contributed by atoms with Crippen LogP contribution in [0.4, 0.5) is 9.59 Å². The number of esters is 2. The van der Waals surface area contributed by atoms with Gasteiger partial charge in [-0.05, 0) is 19.3 Å². The van der Waals surface area contributed by atoms with E-state index in [1.165, 1.54) is 0 Å². The lowest BCUT2D eigenvalue weighted by atomic mass is 10.1. The lowest BCUT2D eigenvalue weighted by Crippen LogP contribution is -2.39. The molecule has 0 aliphatic rings. The second-order valence-electron chi connectivity index (χ2n) is 5.56. The van der Waals surface area contributed by atoms with Crippen LogP contribution in [-0.4, -0.2) is 79.1 Å². The molecule has 0 aromatic carbocycles. The highest BCUT2D eigenvalue weighted by Gasteiger charge is 2.24. The predicted octanol–water partition coefficient (Wildman–Crippen LogP) is 0.602. The number of carboxylic acids is 1. The number of imide groups is 1. The molecule has 0 bridgehead atoms. The summed E-state index contributed by atoms with van der Waals surface area (Å²) in [6.45, 7) is 5.16. The lowest BCUT2D eigenvalue weighted by molar-refractivity contribution is -0.139. The normalized spacial score (nSPS) is 10.8. The first-order valence-electron chi connectivity index (χ1n) is 8.90. The van der Waals surface area contributed by atoms with Crippen LogP contribution in [-0.2, 0) is 33.3 Å². The van der Waals surface area contributed by atoms with E-state index >= 15 is 0 Å². The Balaban J connectivity index is 4.62. The summed E-state index contributed by atoms with van der Waals surface area (Å²) in [5.41, 5.74) is 5.39. The molecule has 12 nitrogen and oxygen atoms in total. The van der Waals surface area contributed by atoms with Gasteiger partial charge in [-0.2, -0.15) is 0 Å². The number of carboxylic acid groups (broad SMARTS) is 1. The molecule has 0 saturated heterocycles. The lowest BCUT2D eigenvalue weighted by Gasteiger charge is -2.20. The van der Waals surface area contributed by atoms with E-state index < -0.39 is 36.1 Å². The summed E-state index contributed by atoms with van der Waals surface area (Å²) in [6.07, 6.45) is 0.461. The van der Waals surface area contributed by atoms with Crippen molar-refractivity contribution in [3.8, 4) is 0 Å². The van der Waals surface area contributed by atoms with Gasteiger partial charge < -0.3 is 29.8 Å². The van der Waals surface area contributed by atoms with Crippen molar-refractivity contribution >= 4 is 30.1 Å². The minimum atomic E-state index is -1.16. The first-order valence-corrected chi connectivity index (χ1v) is 8.90. The Bertz CT molecular complexity index is 594. The van der Waals surface area contributed by atoms with Gasteiger partial charge in [-0.25, -0.2) is 24.1 Å². The number of carbonyl (C=O) groups is 5. The molecule has 3 N–H and O–H groups in total. The first-order chi connectivity index (χ1) is 14.2. The van der Waals surface area contributed by atoms with Crippen LogP contribution in [0.5, 0.6) is 0 Å². The molecule has 0 unspecified atom stereocenters. The number of nitrogens with zero attached hydrogens (tertiary/aromatic N) is 1. The third kappa shape index (κ3) is 12.1. The van der Waals surface area contributed by atoms with E-state index in [0.29, 0.717) is 11.3 Å². The maximum absolute atomic E-state index is 12.1. The molecule has 0 aromatic rings. The van der Waals surface area contributed by atoms with Crippen molar-refractivity contribution in [2.75, 3.05) is 33.0 Å². The van der Waals surface area contributed by atoms with E-state index in [1.54, 1.807) is 0 Å². The molecular weight excluding hydrogens is 404 g/mol. The Hall–Kier alpha value is -3.41. The number of rotatable bonds is 14. The molecule has 168 valence electrons. The van der Waals surface area contributed by atoms with Gasteiger partial charge in [0.15, 0.2) is 0 Å². The molecule has 0 aliphatic carbocycles. The molecule has 0 aliphatic heterocycles. The van der Waals surface area contributed by atoms with E-state index in [2.05, 4.69) is 22.6 Å². The van der Waals surface area contributed by atoms with Crippen molar-refractivity contribution < 1.29 is 48.0 Å². The highest BCUT2D eigenvalue weighted by atomic mass is 16.6. The Labute approximate surface area is 173 Å². The first kappa shape index (κ1) is 26.6. The average Bonchev–Trinajstić information content (AvgIpc) is 2.72. The number of nitrogens with two attached hydrogens (primary N) is 1. The van der Waals surface area contributed by atoms with E-state index in [9.17, 15) is 24.0 Å². The number of unbranched alkanes of at least 4 members (excludes halogenated alkanes) is 1. The largest absolute Gasteiger partial charge is 0.480 e. The summed E-state index contributed by atoms with van der Waals surface area (Å²) in [6, 6.07) is -1.06. The van der Waals surface area contributed by atoms with Gasteiger partial charge in [0.05, 0.1) is 0 Å². The molecule has 12 heteroatoms. The van der Waals surface area contributed by atoms with E-state index in [-0.39, 0.29) is 45.8 Å². The number of amides is 2. The third-order valence-corrected chi connectivity index (χ3v) is 3.34. The van der Waals surface area contributed by atoms with Gasteiger partial charge >= 0.3 is 30.1 Å². The van der Waals surface area contributed by atoms with Crippen LogP contribution < -0.4 is 5.73 Å². The molecule has 0 rings (SSSR count). The number of aliphatic carboxylic acids is 1. The Kier molecular flexibility index (Phi) is 13.7. The van der Waals surface area contributed by atoms with Gasteiger partial charge in [0.2, 0.25) is 0 Å². The molecule has 0 heterocycles. The van der Waals surface area contributed by atoms with Gasteiger partial charge in [-0.1, -0.05) is 13.2 Å². The summed E-state index contributed by atoms with van der Waals surface area (Å²) in [5, 5.41) is 8.75. The average molecular weight is 430 g/mol. The maximum atomic E-state index is 12.1. The molecule has 0 radical (unpaired) electrons. The summed E-state index contributed by atoms with van der Waals surface area (Å²) in [4.78, 5) is 57.5. The monoisotopic (exact) mass is 430 g/mol. The fourth-order valence-corrected chi connectivity index (χ4v) is 1.83. The Morgan fingerprint density at radius 3 is 1.67 bits per heavy atom. The zero-order chi connectivity index (χ0) is 22.9. The minimum absolute atomic E-state index is 0.136. The van der Waals surface area contributed by atoms with Crippen molar-refractivity contribution in [2.45, 2.75) is 25.3 Å². The van der Waals surface area contributed by atoms with Crippen molar-refractivity contribution in [1.29, 1.82) is 0 Å². The van der Waals surface area contributed by atoms with Crippen LogP contribution in [0, 0.1) is 0 Å². The second kappa shape index (κ2) is 15.5. The molecule has 30 heavy (non-hydrogen) atoms. The Morgan fingerprint density at radius 1 is 0.833 bits per heavy atom. The van der Waals surface area contributed by atoms with Crippen LogP contribution in [0.2, 0.25) is 0 Å². The topological polar surface area (TPSA) is 172 Å². The van der Waals surface area contributed by atoms with Crippen LogP contribution in [0.1, 0.15) is 19.3 Å². The highest BCUT2D eigenvalue weighted by Crippen LogP contribution is 2.06. The minimum Gasteiger partial charge on any atom is -0.480 e.